The summed E-state index contributed by atoms with van der Waals surface area (Å²) in [5, 5.41) is 0. The molecule has 1 heterocycles. The lowest BCUT2D eigenvalue weighted by molar-refractivity contribution is 0.0474. The monoisotopic (exact) mass is 341 g/mol. The van der Waals surface area contributed by atoms with Gasteiger partial charge in [0.15, 0.2) is 17.6 Å². The average molecular weight is 341 g/mol. The highest BCUT2D eigenvalue weighted by atomic mass is 16.6. The van der Waals surface area contributed by atoms with Crippen molar-refractivity contribution >= 4 is 5.91 Å². The molecule has 0 bridgehead atoms. The maximum atomic E-state index is 12.8. The van der Waals surface area contributed by atoms with Crippen molar-refractivity contribution in [2.45, 2.75) is 19.6 Å². The van der Waals surface area contributed by atoms with E-state index in [-0.39, 0.29) is 12.0 Å². The van der Waals surface area contributed by atoms with Crippen LogP contribution in [0, 0.1) is 0 Å². The first-order valence-electron chi connectivity index (χ1n) is 8.47. The normalized spacial score (nSPS) is 15.7. The minimum absolute atomic E-state index is 0.0112. The van der Waals surface area contributed by atoms with Gasteiger partial charge in [0.05, 0.1) is 13.2 Å². The number of benzene rings is 2. The van der Waals surface area contributed by atoms with Gasteiger partial charge in [-0.25, -0.2) is 0 Å². The van der Waals surface area contributed by atoms with Gasteiger partial charge in [-0.3, -0.25) is 4.79 Å². The number of rotatable bonds is 6. The summed E-state index contributed by atoms with van der Waals surface area (Å²) < 4.78 is 16.9. The molecule has 0 fully saturated rings. The summed E-state index contributed by atoms with van der Waals surface area (Å²) in [6.45, 7) is 3.98. The maximum absolute atomic E-state index is 12.8. The third kappa shape index (κ3) is 4.12. The predicted octanol–water partition coefficient (Wildman–Crippen LogP) is 3.14. The largest absolute Gasteiger partial charge is 0.486 e. The molecule has 5 nitrogen and oxygen atoms in total. The van der Waals surface area contributed by atoms with Gasteiger partial charge in [0, 0.05) is 19.2 Å². The number of carbonyl (C=O) groups excluding carboxylic acids is 1. The lowest BCUT2D eigenvalue weighted by Gasteiger charge is -2.31. The van der Waals surface area contributed by atoms with Crippen LogP contribution in [0.15, 0.2) is 48.5 Å². The Kier molecular flexibility index (Phi) is 5.56. The number of likely N-dealkylation sites (N-methyl/N-ethyl adjacent to an activating group) is 1. The highest BCUT2D eigenvalue weighted by Crippen LogP contribution is 2.31. The Hall–Kier alpha value is -2.53. The van der Waals surface area contributed by atoms with Crippen molar-refractivity contribution in [3.63, 3.8) is 0 Å². The molecular weight excluding hydrogens is 318 g/mol. The Morgan fingerprint density at radius 1 is 1.20 bits per heavy atom. The van der Waals surface area contributed by atoms with Gasteiger partial charge in [0.1, 0.15) is 6.61 Å². The molecule has 0 aliphatic carbocycles. The SMILES string of the molecule is CCN(CC1COc2ccccc2O1)C(=O)c1cccc(COC)c1. The molecular formula is C20H23NO4. The Morgan fingerprint density at radius 3 is 2.76 bits per heavy atom. The topological polar surface area (TPSA) is 48.0 Å². The summed E-state index contributed by atoms with van der Waals surface area (Å²) in [5.74, 6) is 1.47. The molecule has 2 aromatic rings. The van der Waals surface area contributed by atoms with E-state index in [1.165, 1.54) is 0 Å². The van der Waals surface area contributed by atoms with E-state index >= 15 is 0 Å². The summed E-state index contributed by atoms with van der Waals surface area (Å²) in [6.07, 6.45) is -0.180. The van der Waals surface area contributed by atoms with E-state index in [4.69, 9.17) is 14.2 Å². The molecule has 0 spiro atoms. The second kappa shape index (κ2) is 8.03. The quantitative estimate of drug-likeness (QED) is 0.810. The number of amides is 1. The van der Waals surface area contributed by atoms with Crippen LogP contribution in [0.1, 0.15) is 22.8 Å². The number of hydrogen-bond donors (Lipinski definition) is 0. The van der Waals surface area contributed by atoms with Crippen LogP contribution in [0.3, 0.4) is 0 Å². The zero-order chi connectivity index (χ0) is 17.6. The van der Waals surface area contributed by atoms with E-state index in [1.807, 2.05) is 55.5 Å². The molecule has 1 unspecified atom stereocenters. The molecule has 0 aromatic heterocycles. The minimum Gasteiger partial charge on any atom is -0.486 e. The molecule has 0 radical (unpaired) electrons. The van der Waals surface area contributed by atoms with Crippen molar-refractivity contribution < 1.29 is 19.0 Å². The molecule has 1 aliphatic rings. The number of methoxy groups -OCH3 is 1. The van der Waals surface area contributed by atoms with Crippen molar-refractivity contribution in [3.05, 3.63) is 59.7 Å². The van der Waals surface area contributed by atoms with Crippen LogP contribution in [0.25, 0.3) is 0 Å². The molecule has 0 saturated carbocycles. The van der Waals surface area contributed by atoms with Crippen molar-refractivity contribution in [1.29, 1.82) is 0 Å². The second-order valence-corrected chi connectivity index (χ2v) is 5.97. The molecule has 3 rings (SSSR count). The van der Waals surface area contributed by atoms with Crippen molar-refractivity contribution in [1.82, 2.24) is 4.90 Å². The van der Waals surface area contributed by atoms with Crippen LogP contribution in [0.5, 0.6) is 11.5 Å². The molecule has 1 atom stereocenters. The Balaban J connectivity index is 1.68. The number of fused-ring (bicyclic) bond motifs is 1. The van der Waals surface area contributed by atoms with Crippen LogP contribution in [-0.2, 0) is 11.3 Å². The molecule has 2 aromatic carbocycles. The molecule has 25 heavy (non-hydrogen) atoms. The number of carbonyl (C=O) groups is 1. The van der Waals surface area contributed by atoms with Crippen molar-refractivity contribution in [3.8, 4) is 11.5 Å². The molecule has 0 N–H and O–H groups in total. The first-order valence-corrected chi connectivity index (χ1v) is 8.47. The second-order valence-electron chi connectivity index (χ2n) is 5.97. The van der Waals surface area contributed by atoms with Crippen molar-refractivity contribution in [2.24, 2.45) is 0 Å². The minimum atomic E-state index is -0.180. The van der Waals surface area contributed by atoms with E-state index in [0.29, 0.717) is 31.9 Å². The van der Waals surface area contributed by atoms with Gasteiger partial charge in [-0.15, -0.1) is 0 Å². The molecule has 132 valence electrons. The Morgan fingerprint density at radius 2 is 2.00 bits per heavy atom. The fraction of sp³-hybridized carbons (Fsp3) is 0.350. The Bertz CT molecular complexity index is 731. The van der Waals surface area contributed by atoms with Crippen LogP contribution in [0.4, 0.5) is 0 Å². The van der Waals surface area contributed by atoms with Gasteiger partial charge in [0.25, 0.3) is 5.91 Å². The van der Waals surface area contributed by atoms with Gasteiger partial charge in [-0.05, 0) is 36.8 Å². The van der Waals surface area contributed by atoms with Crippen LogP contribution < -0.4 is 9.47 Å². The number of para-hydroxylation sites is 2. The van der Waals surface area contributed by atoms with Crippen LogP contribution in [-0.4, -0.2) is 43.7 Å². The smallest absolute Gasteiger partial charge is 0.253 e. The third-order valence-corrected chi connectivity index (χ3v) is 4.15. The summed E-state index contributed by atoms with van der Waals surface area (Å²) in [4.78, 5) is 14.6. The van der Waals surface area contributed by atoms with Gasteiger partial charge < -0.3 is 19.1 Å². The highest BCUT2D eigenvalue weighted by molar-refractivity contribution is 5.94. The number of ether oxygens (including phenoxy) is 3. The fourth-order valence-electron chi connectivity index (χ4n) is 2.90. The maximum Gasteiger partial charge on any atom is 0.253 e. The van der Waals surface area contributed by atoms with E-state index in [2.05, 4.69) is 0 Å². The van der Waals surface area contributed by atoms with E-state index in [0.717, 1.165) is 17.1 Å². The lowest BCUT2D eigenvalue weighted by atomic mass is 10.1. The van der Waals surface area contributed by atoms with E-state index in [9.17, 15) is 4.79 Å². The van der Waals surface area contributed by atoms with Crippen LogP contribution in [0.2, 0.25) is 0 Å². The van der Waals surface area contributed by atoms with E-state index in [1.54, 1.807) is 12.0 Å². The molecule has 1 aliphatic heterocycles. The zero-order valence-corrected chi connectivity index (χ0v) is 14.6. The molecule has 0 saturated heterocycles. The summed E-state index contributed by atoms with van der Waals surface area (Å²) in [6, 6.07) is 15.1. The van der Waals surface area contributed by atoms with Crippen molar-refractivity contribution in [2.75, 3.05) is 26.8 Å². The van der Waals surface area contributed by atoms with E-state index < -0.39 is 0 Å². The lowest BCUT2D eigenvalue weighted by Crippen LogP contribution is -2.43. The third-order valence-electron chi connectivity index (χ3n) is 4.15. The average Bonchev–Trinajstić information content (AvgIpc) is 2.66. The predicted molar refractivity (Wildman–Crippen MR) is 95.1 cm³/mol. The van der Waals surface area contributed by atoms with Crippen LogP contribution >= 0.6 is 0 Å². The highest BCUT2D eigenvalue weighted by Gasteiger charge is 2.25. The number of nitrogens with zero attached hydrogens (tertiary/aromatic N) is 1. The van der Waals surface area contributed by atoms with Gasteiger partial charge >= 0.3 is 0 Å². The van der Waals surface area contributed by atoms with Gasteiger partial charge in [0.2, 0.25) is 0 Å². The molecule has 1 amide bonds. The summed E-state index contributed by atoms with van der Waals surface area (Å²) >= 11 is 0. The zero-order valence-electron chi connectivity index (χ0n) is 14.6. The fourth-order valence-corrected chi connectivity index (χ4v) is 2.90. The standard InChI is InChI=1S/C20H23NO4/c1-3-21(20(22)16-8-6-7-15(11-16)13-23-2)12-17-14-24-18-9-4-5-10-19(18)25-17/h4-11,17H,3,12-14H2,1-2H3. The van der Waals surface area contributed by atoms with Gasteiger partial charge in [-0.1, -0.05) is 24.3 Å². The molecule has 5 heteroatoms. The number of hydrogen-bond acceptors (Lipinski definition) is 4. The Labute approximate surface area is 148 Å². The van der Waals surface area contributed by atoms with Gasteiger partial charge in [-0.2, -0.15) is 0 Å². The first-order chi connectivity index (χ1) is 12.2. The first kappa shape index (κ1) is 17.3. The summed E-state index contributed by atoms with van der Waals surface area (Å²) in [5.41, 5.74) is 1.64. The summed E-state index contributed by atoms with van der Waals surface area (Å²) in [7, 11) is 1.64.